The lowest BCUT2D eigenvalue weighted by Gasteiger charge is -2.11. The maximum Gasteiger partial charge on any atom is 0.194 e. The molecule has 4 rings (SSSR count). The van der Waals surface area contributed by atoms with E-state index < -0.39 is 34.9 Å². The third-order valence-electron chi connectivity index (χ3n) is 5.79. The van der Waals surface area contributed by atoms with Crippen LogP contribution in [0.4, 0.5) is 26.3 Å². The Balaban J connectivity index is 1.62. The monoisotopic (exact) mass is 470 g/mol. The van der Waals surface area contributed by atoms with Crippen molar-refractivity contribution in [2.24, 2.45) is 0 Å². The van der Waals surface area contributed by atoms with Crippen molar-refractivity contribution in [3.63, 3.8) is 0 Å². The predicted molar refractivity (Wildman–Crippen MR) is 122 cm³/mol. The predicted octanol–water partition coefficient (Wildman–Crippen LogP) is 8.25. The van der Waals surface area contributed by atoms with Gasteiger partial charge in [-0.05, 0) is 83.7 Å². The lowest BCUT2D eigenvalue weighted by molar-refractivity contribution is 0.445. The van der Waals surface area contributed by atoms with Gasteiger partial charge < -0.3 is 0 Å². The molecule has 0 aliphatic rings. The molecule has 0 N–H and O–H groups in total. The minimum Gasteiger partial charge on any atom is -0.206 e. The van der Waals surface area contributed by atoms with E-state index in [2.05, 4.69) is 6.58 Å². The Bertz CT molecular complexity index is 1340. The van der Waals surface area contributed by atoms with Crippen molar-refractivity contribution in [3.05, 3.63) is 119 Å². The molecule has 4 aromatic carbocycles. The summed E-state index contributed by atoms with van der Waals surface area (Å²) >= 11 is 0. The second-order valence-corrected chi connectivity index (χ2v) is 8.11. The van der Waals surface area contributed by atoms with Crippen LogP contribution in [0.3, 0.4) is 0 Å². The van der Waals surface area contributed by atoms with E-state index in [9.17, 15) is 22.0 Å². The average Bonchev–Trinajstić information content (AvgIpc) is 2.80. The first-order valence-electron chi connectivity index (χ1n) is 10.7. The minimum absolute atomic E-state index is 0.100. The van der Waals surface area contributed by atoms with Crippen molar-refractivity contribution in [2.75, 3.05) is 0 Å². The SMILES string of the molecule is C=CCCc1cc(F)c(-c2ccc3c(F)c(CCc4cc(F)c(F)c(F)c4)ccc3c2)c(F)c1. The molecule has 0 atom stereocenters. The zero-order valence-corrected chi connectivity index (χ0v) is 18.1. The molecule has 0 heterocycles. The molecule has 6 heteroatoms. The standard InChI is InChI=1S/C28H20F6/c1-2-3-4-16-11-22(29)26(23(30)12-16)20-9-10-21-19(15-20)8-7-18(27(21)33)6-5-17-13-24(31)28(34)25(32)14-17/h2,7-15H,1,3-6H2. The highest BCUT2D eigenvalue weighted by Crippen LogP contribution is 2.32. The Morgan fingerprint density at radius 3 is 1.88 bits per heavy atom. The van der Waals surface area contributed by atoms with Gasteiger partial charge in [-0.3, -0.25) is 0 Å². The average molecular weight is 470 g/mol. The Morgan fingerprint density at radius 1 is 0.618 bits per heavy atom. The Labute approximate surface area is 193 Å². The van der Waals surface area contributed by atoms with E-state index in [-0.39, 0.29) is 34.9 Å². The molecule has 0 amide bonds. The van der Waals surface area contributed by atoms with Crippen molar-refractivity contribution in [2.45, 2.75) is 25.7 Å². The van der Waals surface area contributed by atoms with Crippen LogP contribution in [0.5, 0.6) is 0 Å². The lowest BCUT2D eigenvalue weighted by atomic mass is 9.95. The maximum atomic E-state index is 15.1. The van der Waals surface area contributed by atoms with E-state index >= 15 is 4.39 Å². The molecule has 0 unspecified atom stereocenters. The number of hydrogen-bond acceptors (Lipinski definition) is 0. The van der Waals surface area contributed by atoms with Crippen LogP contribution in [-0.2, 0) is 19.3 Å². The molecule has 0 spiro atoms. The van der Waals surface area contributed by atoms with Gasteiger partial charge in [-0.2, -0.15) is 0 Å². The van der Waals surface area contributed by atoms with Crippen molar-refractivity contribution in [1.82, 2.24) is 0 Å². The van der Waals surface area contributed by atoms with Crippen molar-refractivity contribution in [3.8, 4) is 11.1 Å². The van der Waals surface area contributed by atoms with Gasteiger partial charge in [0.1, 0.15) is 17.5 Å². The van der Waals surface area contributed by atoms with Gasteiger partial charge in [0, 0.05) is 5.39 Å². The van der Waals surface area contributed by atoms with Gasteiger partial charge in [-0.25, -0.2) is 26.3 Å². The van der Waals surface area contributed by atoms with Gasteiger partial charge in [0.15, 0.2) is 17.5 Å². The number of hydrogen-bond donors (Lipinski definition) is 0. The lowest BCUT2D eigenvalue weighted by Crippen LogP contribution is -1.99. The second kappa shape index (κ2) is 9.75. The van der Waals surface area contributed by atoms with E-state index in [1.54, 1.807) is 12.1 Å². The number of benzene rings is 4. The van der Waals surface area contributed by atoms with Gasteiger partial charge in [-0.1, -0.05) is 30.3 Å². The molecule has 0 fully saturated rings. The Hall–Kier alpha value is -3.54. The molecule has 0 aliphatic carbocycles. The molecule has 0 radical (unpaired) electrons. The van der Waals surface area contributed by atoms with Gasteiger partial charge in [0.2, 0.25) is 0 Å². The molecular weight excluding hydrogens is 450 g/mol. The van der Waals surface area contributed by atoms with Crippen molar-refractivity contribution in [1.29, 1.82) is 0 Å². The summed E-state index contributed by atoms with van der Waals surface area (Å²) < 4.78 is 84.4. The fourth-order valence-electron chi connectivity index (χ4n) is 4.03. The summed E-state index contributed by atoms with van der Waals surface area (Å²) in [4.78, 5) is 0. The summed E-state index contributed by atoms with van der Waals surface area (Å²) in [6.07, 6.45) is 2.97. The molecular formula is C28H20F6. The van der Waals surface area contributed by atoms with Gasteiger partial charge >= 0.3 is 0 Å². The normalized spacial score (nSPS) is 11.2. The summed E-state index contributed by atoms with van der Waals surface area (Å²) in [5.74, 6) is -6.07. The van der Waals surface area contributed by atoms with Gasteiger partial charge in [0.05, 0.1) is 5.56 Å². The number of rotatable bonds is 7. The van der Waals surface area contributed by atoms with Crippen LogP contribution >= 0.6 is 0 Å². The molecule has 0 nitrogen and oxygen atoms in total. The minimum atomic E-state index is -1.55. The van der Waals surface area contributed by atoms with Crippen molar-refractivity contribution < 1.29 is 26.3 Å². The molecule has 0 saturated carbocycles. The molecule has 0 bridgehead atoms. The summed E-state index contributed by atoms with van der Waals surface area (Å²) in [6.45, 7) is 3.60. The summed E-state index contributed by atoms with van der Waals surface area (Å²) in [5, 5.41) is 0.702. The number of fused-ring (bicyclic) bond motifs is 1. The topological polar surface area (TPSA) is 0 Å². The van der Waals surface area contributed by atoms with Crippen LogP contribution in [0.25, 0.3) is 21.9 Å². The fraction of sp³-hybridized carbons (Fsp3) is 0.143. The van der Waals surface area contributed by atoms with Crippen LogP contribution in [0.1, 0.15) is 23.1 Å². The van der Waals surface area contributed by atoms with Crippen LogP contribution < -0.4 is 0 Å². The maximum absolute atomic E-state index is 15.1. The second-order valence-electron chi connectivity index (χ2n) is 8.11. The molecule has 0 saturated heterocycles. The van der Waals surface area contributed by atoms with E-state index in [0.29, 0.717) is 29.4 Å². The van der Waals surface area contributed by atoms with E-state index in [4.69, 9.17) is 0 Å². The quantitative estimate of drug-likeness (QED) is 0.145. The van der Waals surface area contributed by atoms with Crippen LogP contribution in [0, 0.1) is 34.9 Å². The Kier molecular flexibility index (Phi) is 6.77. The van der Waals surface area contributed by atoms with E-state index in [1.807, 2.05) is 0 Å². The highest BCUT2D eigenvalue weighted by atomic mass is 19.2. The first-order valence-corrected chi connectivity index (χ1v) is 10.7. The fourth-order valence-corrected chi connectivity index (χ4v) is 4.03. The summed E-state index contributed by atoms with van der Waals surface area (Å²) in [5.41, 5.74) is 1.12. The highest BCUT2D eigenvalue weighted by molar-refractivity contribution is 5.88. The smallest absolute Gasteiger partial charge is 0.194 e. The summed E-state index contributed by atoms with van der Waals surface area (Å²) in [7, 11) is 0. The number of allylic oxidation sites excluding steroid dienone is 1. The zero-order valence-electron chi connectivity index (χ0n) is 18.1. The number of halogens is 6. The zero-order chi connectivity index (χ0) is 24.4. The van der Waals surface area contributed by atoms with Crippen LogP contribution in [0.2, 0.25) is 0 Å². The Morgan fingerprint density at radius 2 is 1.24 bits per heavy atom. The number of aryl methyl sites for hydroxylation is 3. The van der Waals surface area contributed by atoms with Gasteiger partial charge in [-0.15, -0.1) is 6.58 Å². The third-order valence-corrected chi connectivity index (χ3v) is 5.79. The van der Waals surface area contributed by atoms with E-state index in [0.717, 1.165) is 12.1 Å². The highest BCUT2D eigenvalue weighted by Gasteiger charge is 2.16. The van der Waals surface area contributed by atoms with E-state index in [1.165, 1.54) is 36.4 Å². The molecule has 0 aliphatic heterocycles. The molecule has 174 valence electrons. The first kappa shape index (κ1) is 23.6. The molecule has 4 aromatic rings. The van der Waals surface area contributed by atoms with Gasteiger partial charge in [0.25, 0.3) is 0 Å². The van der Waals surface area contributed by atoms with Crippen molar-refractivity contribution >= 4 is 10.8 Å². The molecule has 0 aromatic heterocycles. The van der Waals surface area contributed by atoms with Crippen LogP contribution in [-0.4, -0.2) is 0 Å². The van der Waals surface area contributed by atoms with Crippen LogP contribution in [0.15, 0.2) is 67.3 Å². The largest absolute Gasteiger partial charge is 0.206 e. The third kappa shape index (κ3) is 4.72. The molecule has 34 heavy (non-hydrogen) atoms. The first-order chi connectivity index (χ1) is 16.3. The summed E-state index contributed by atoms with van der Waals surface area (Å²) in [6, 6.07) is 11.9.